The number of carbonyl (C=O) groups excluding carboxylic acids is 1. The predicted octanol–water partition coefficient (Wildman–Crippen LogP) is 2.10. The maximum Gasteiger partial charge on any atom is 0.227 e. The molecular formula is C14H20N2O. The lowest BCUT2D eigenvalue weighted by Gasteiger charge is -2.34. The minimum Gasteiger partial charge on any atom is -0.330 e. The van der Waals surface area contributed by atoms with Crippen molar-refractivity contribution in [2.45, 2.75) is 32.6 Å². The SMILES string of the molecule is Cc1ccc(C)c2c1C(CCN)CC(=O)N2C. The fraction of sp³-hybridized carbons (Fsp3) is 0.500. The van der Waals surface area contributed by atoms with Gasteiger partial charge < -0.3 is 10.6 Å². The molecule has 0 saturated carbocycles. The molecule has 1 unspecified atom stereocenters. The van der Waals surface area contributed by atoms with E-state index in [1.54, 1.807) is 4.90 Å². The summed E-state index contributed by atoms with van der Waals surface area (Å²) in [5.74, 6) is 0.489. The average Bonchev–Trinajstić information content (AvgIpc) is 2.29. The van der Waals surface area contributed by atoms with E-state index in [0.717, 1.165) is 12.1 Å². The molecule has 0 saturated heterocycles. The normalized spacial score (nSPS) is 19.4. The largest absolute Gasteiger partial charge is 0.330 e. The Kier molecular flexibility index (Phi) is 3.20. The van der Waals surface area contributed by atoms with Crippen molar-refractivity contribution in [3.8, 4) is 0 Å². The Morgan fingerprint density at radius 3 is 2.65 bits per heavy atom. The number of aryl methyl sites for hydroxylation is 2. The molecule has 17 heavy (non-hydrogen) atoms. The van der Waals surface area contributed by atoms with Gasteiger partial charge in [-0.05, 0) is 49.4 Å². The molecule has 3 heteroatoms. The summed E-state index contributed by atoms with van der Waals surface area (Å²) in [4.78, 5) is 13.8. The van der Waals surface area contributed by atoms with Gasteiger partial charge in [0, 0.05) is 19.2 Å². The molecule has 1 aliphatic rings. The number of fused-ring (bicyclic) bond motifs is 1. The Hall–Kier alpha value is -1.35. The van der Waals surface area contributed by atoms with Crippen molar-refractivity contribution in [1.82, 2.24) is 0 Å². The molecule has 1 aromatic rings. The van der Waals surface area contributed by atoms with Crippen LogP contribution in [0.1, 0.15) is 35.4 Å². The van der Waals surface area contributed by atoms with Crippen molar-refractivity contribution in [3.05, 3.63) is 28.8 Å². The van der Waals surface area contributed by atoms with E-state index < -0.39 is 0 Å². The number of hydrogen-bond donors (Lipinski definition) is 1. The predicted molar refractivity (Wildman–Crippen MR) is 70.4 cm³/mol. The van der Waals surface area contributed by atoms with E-state index in [-0.39, 0.29) is 5.91 Å². The highest BCUT2D eigenvalue weighted by Gasteiger charge is 2.30. The second kappa shape index (κ2) is 4.49. The fourth-order valence-corrected chi connectivity index (χ4v) is 2.80. The number of rotatable bonds is 2. The maximum absolute atomic E-state index is 12.0. The Morgan fingerprint density at radius 1 is 1.35 bits per heavy atom. The first-order chi connectivity index (χ1) is 8.06. The summed E-state index contributed by atoms with van der Waals surface area (Å²) in [6.45, 7) is 4.81. The van der Waals surface area contributed by atoms with Crippen LogP contribution in [-0.4, -0.2) is 19.5 Å². The van der Waals surface area contributed by atoms with Crippen LogP contribution in [0.5, 0.6) is 0 Å². The first-order valence-electron chi connectivity index (χ1n) is 6.13. The summed E-state index contributed by atoms with van der Waals surface area (Å²) in [6, 6.07) is 4.23. The summed E-state index contributed by atoms with van der Waals surface area (Å²) < 4.78 is 0. The molecule has 1 amide bonds. The highest BCUT2D eigenvalue weighted by molar-refractivity contribution is 5.97. The Balaban J connectivity index is 2.59. The molecule has 1 atom stereocenters. The van der Waals surface area contributed by atoms with Crippen LogP contribution in [0.2, 0.25) is 0 Å². The molecule has 0 fully saturated rings. The van der Waals surface area contributed by atoms with E-state index in [4.69, 9.17) is 5.73 Å². The number of nitrogens with two attached hydrogens (primary N) is 1. The molecule has 0 bridgehead atoms. The maximum atomic E-state index is 12.0. The molecule has 1 heterocycles. The zero-order valence-electron chi connectivity index (χ0n) is 10.8. The summed E-state index contributed by atoms with van der Waals surface area (Å²) >= 11 is 0. The van der Waals surface area contributed by atoms with Gasteiger partial charge in [-0.2, -0.15) is 0 Å². The Bertz CT molecular complexity index is 454. The second-order valence-electron chi connectivity index (χ2n) is 4.89. The van der Waals surface area contributed by atoms with Crippen LogP contribution in [0, 0.1) is 13.8 Å². The highest BCUT2D eigenvalue weighted by Crippen LogP contribution is 2.40. The van der Waals surface area contributed by atoms with Crippen LogP contribution >= 0.6 is 0 Å². The summed E-state index contributed by atoms with van der Waals surface area (Å²) in [5, 5.41) is 0. The first kappa shape index (κ1) is 12.1. The third-order valence-electron chi connectivity index (χ3n) is 3.69. The molecule has 92 valence electrons. The third-order valence-corrected chi connectivity index (χ3v) is 3.69. The zero-order valence-corrected chi connectivity index (χ0v) is 10.8. The van der Waals surface area contributed by atoms with Crippen LogP contribution in [-0.2, 0) is 4.79 Å². The molecular weight excluding hydrogens is 212 g/mol. The molecule has 2 N–H and O–H groups in total. The van der Waals surface area contributed by atoms with Crippen molar-refractivity contribution in [3.63, 3.8) is 0 Å². The van der Waals surface area contributed by atoms with Gasteiger partial charge in [0.2, 0.25) is 5.91 Å². The molecule has 1 aromatic carbocycles. The summed E-state index contributed by atoms with van der Waals surface area (Å²) in [7, 11) is 1.87. The third kappa shape index (κ3) is 1.95. The Labute approximate surface area is 103 Å². The number of amides is 1. The van der Waals surface area contributed by atoms with Gasteiger partial charge in [-0.25, -0.2) is 0 Å². The van der Waals surface area contributed by atoms with Gasteiger partial charge >= 0.3 is 0 Å². The van der Waals surface area contributed by atoms with E-state index in [2.05, 4.69) is 26.0 Å². The van der Waals surface area contributed by atoms with Gasteiger partial charge in [-0.1, -0.05) is 12.1 Å². The van der Waals surface area contributed by atoms with E-state index in [1.165, 1.54) is 16.7 Å². The molecule has 0 aliphatic carbocycles. The van der Waals surface area contributed by atoms with Crippen molar-refractivity contribution < 1.29 is 4.79 Å². The minimum atomic E-state index is 0.199. The van der Waals surface area contributed by atoms with E-state index in [0.29, 0.717) is 18.9 Å². The number of hydrogen-bond acceptors (Lipinski definition) is 2. The topological polar surface area (TPSA) is 46.3 Å². The number of anilines is 1. The first-order valence-corrected chi connectivity index (χ1v) is 6.13. The molecule has 1 aliphatic heterocycles. The fourth-order valence-electron chi connectivity index (χ4n) is 2.80. The van der Waals surface area contributed by atoms with Crippen molar-refractivity contribution in [1.29, 1.82) is 0 Å². The van der Waals surface area contributed by atoms with Crippen LogP contribution in [0.4, 0.5) is 5.69 Å². The van der Waals surface area contributed by atoms with Crippen LogP contribution in [0.3, 0.4) is 0 Å². The lowest BCUT2D eigenvalue weighted by Crippen LogP contribution is -2.35. The number of benzene rings is 1. The molecule has 0 radical (unpaired) electrons. The van der Waals surface area contributed by atoms with E-state index in [9.17, 15) is 4.79 Å². The zero-order chi connectivity index (χ0) is 12.6. The lowest BCUT2D eigenvalue weighted by molar-refractivity contribution is -0.119. The van der Waals surface area contributed by atoms with Crippen LogP contribution in [0.25, 0.3) is 0 Å². The summed E-state index contributed by atoms with van der Waals surface area (Å²) in [6.07, 6.45) is 1.47. The van der Waals surface area contributed by atoms with Gasteiger partial charge in [0.05, 0.1) is 0 Å². The van der Waals surface area contributed by atoms with Gasteiger partial charge in [-0.3, -0.25) is 4.79 Å². The minimum absolute atomic E-state index is 0.199. The van der Waals surface area contributed by atoms with Gasteiger partial charge in [0.15, 0.2) is 0 Å². The van der Waals surface area contributed by atoms with Gasteiger partial charge in [0.1, 0.15) is 0 Å². The average molecular weight is 232 g/mol. The van der Waals surface area contributed by atoms with Crippen LogP contribution < -0.4 is 10.6 Å². The van der Waals surface area contributed by atoms with Gasteiger partial charge in [0.25, 0.3) is 0 Å². The van der Waals surface area contributed by atoms with Crippen LogP contribution in [0.15, 0.2) is 12.1 Å². The molecule has 2 rings (SSSR count). The monoisotopic (exact) mass is 232 g/mol. The lowest BCUT2D eigenvalue weighted by atomic mass is 9.83. The number of carbonyl (C=O) groups is 1. The van der Waals surface area contributed by atoms with Crippen molar-refractivity contribution in [2.75, 3.05) is 18.5 Å². The smallest absolute Gasteiger partial charge is 0.227 e. The van der Waals surface area contributed by atoms with Crippen molar-refractivity contribution >= 4 is 11.6 Å². The number of nitrogens with zero attached hydrogens (tertiary/aromatic N) is 1. The standard InChI is InChI=1S/C14H20N2O/c1-9-4-5-10(2)14-13(9)11(6-7-15)8-12(17)16(14)3/h4-5,11H,6-8,15H2,1-3H3. The van der Waals surface area contributed by atoms with Gasteiger partial charge in [-0.15, -0.1) is 0 Å². The molecule has 0 spiro atoms. The van der Waals surface area contributed by atoms with E-state index in [1.807, 2.05) is 7.05 Å². The molecule has 0 aromatic heterocycles. The van der Waals surface area contributed by atoms with Crippen molar-refractivity contribution in [2.24, 2.45) is 5.73 Å². The Morgan fingerprint density at radius 2 is 2.00 bits per heavy atom. The highest BCUT2D eigenvalue weighted by atomic mass is 16.2. The quantitative estimate of drug-likeness (QED) is 0.848. The van der Waals surface area contributed by atoms with E-state index >= 15 is 0 Å². The summed E-state index contributed by atoms with van der Waals surface area (Å²) in [5.41, 5.74) is 10.5. The molecule has 3 nitrogen and oxygen atoms in total. The second-order valence-corrected chi connectivity index (χ2v) is 4.89.